The predicted octanol–water partition coefficient (Wildman–Crippen LogP) is 4.41. The average Bonchev–Trinajstić information content (AvgIpc) is 3.18. The van der Waals surface area contributed by atoms with Gasteiger partial charge in [-0.2, -0.15) is 5.10 Å². The van der Waals surface area contributed by atoms with E-state index in [-0.39, 0.29) is 35.6 Å². The molecule has 1 atom stereocenters. The summed E-state index contributed by atoms with van der Waals surface area (Å²) in [7, 11) is 3.23. The van der Waals surface area contributed by atoms with Crippen LogP contribution in [0.2, 0.25) is 0 Å². The second kappa shape index (κ2) is 9.51. The van der Waals surface area contributed by atoms with Crippen molar-refractivity contribution in [1.82, 2.24) is 9.91 Å². The molecule has 2 aromatic rings. The van der Waals surface area contributed by atoms with Crippen LogP contribution in [-0.4, -0.2) is 48.1 Å². The van der Waals surface area contributed by atoms with Crippen LogP contribution in [0.15, 0.2) is 53.6 Å². The molecule has 0 bridgehead atoms. The van der Waals surface area contributed by atoms with Crippen LogP contribution < -0.4 is 4.74 Å². The molecule has 0 spiro atoms. The van der Waals surface area contributed by atoms with E-state index in [9.17, 15) is 14.0 Å². The molecular weight excluding hydrogens is 409 g/mol. The zero-order chi connectivity index (χ0) is 23.5. The number of carbonyl (C=O) groups is 2. The van der Waals surface area contributed by atoms with Crippen molar-refractivity contribution in [1.29, 1.82) is 0 Å². The molecule has 2 aromatic carbocycles. The number of ether oxygens (including phenoxy) is 1. The van der Waals surface area contributed by atoms with Gasteiger partial charge in [0.2, 0.25) is 5.91 Å². The number of methoxy groups -OCH3 is 1. The minimum Gasteiger partial charge on any atom is -0.497 e. The number of likely N-dealkylation sites (N-methyl/N-ethyl adjacent to an activating group) is 1. The number of nitrogens with zero attached hydrogens (tertiary/aromatic N) is 3. The van der Waals surface area contributed by atoms with E-state index in [1.807, 2.05) is 45.0 Å². The average molecular weight is 440 g/mol. The van der Waals surface area contributed by atoms with Crippen molar-refractivity contribution < 1.29 is 18.7 Å². The Kier molecular flexibility index (Phi) is 6.96. The van der Waals surface area contributed by atoms with Crippen LogP contribution in [0.25, 0.3) is 0 Å². The quantitative estimate of drug-likeness (QED) is 0.670. The van der Waals surface area contributed by atoms with Crippen LogP contribution in [0, 0.1) is 11.2 Å². The largest absolute Gasteiger partial charge is 0.497 e. The topological polar surface area (TPSA) is 62.2 Å². The first-order chi connectivity index (χ1) is 15.1. The van der Waals surface area contributed by atoms with Crippen LogP contribution in [0.4, 0.5) is 4.39 Å². The standard InChI is InChI=1S/C25H30FN3O3/c1-25(2,3)15-23(30)28(4)16-24(31)29-22(18-8-12-20(32-5)13-9-18)14-21(27-29)17-6-10-19(26)11-7-17/h6-13,22H,14-16H2,1-5H3/t22-/m0/s1. The maximum Gasteiger partial charge on any atom is 0.262 e. The van der Waals surface area contributed by atoms with Gasteiger partial charge in [0.05, 0.1) is 18.9 Å². The van der Waals surface area contributed by atoms with Crippen LogP contribution in [-0.2, 0) is 9.59 Å². The minimum absolute atomic E-state index is 0.0677. The minimum atomic E-state index is -0.328. The first-order valence-corrected chi connectivity index (χ1v) is 10.6. The SMILES string of the molecule is COc1ccc([C@@H]2CC(c3ccc(F)cc3)=NN2C(=O)CN(C)C(=O)CC(C)(C)C)cc1. The summed E-state index contributed by atoms with van der Waals surface area (Å²) < 4.78 is 18.6. The summed E-state index contributed by atoms with van der Waals surface area (Å²) in [6, 6.07) is 13.2. The number of hydrogen-bond donors (Lipinski definition) is 0. The fraction of sp³-hybridized carbons (Fsp3) is 0.400. The van der Waals surface area contributed by atoms with Gasteiger partial charge in [-0.25, -0.2) is 9.40 Å². The third kappa shape index (κ3) is 5.72. The molecule has 1 aliphatic rings. The van der Waals surface area contributed by atoms with E-state index in [0.717, 1.165) is 16.9 Å². The lowest BCUT2D eigenvalue weighted by atomic mass is 9.92. The lowest BCUT2D eigenvalue weighted by molar-refractivity contribution is -0.141. The lowest BCUT2D eigenvalue weighted by Gasteiger charge is -2.26. The normalized spacial score (nSPS) is 16.0. The molecule has 0 aromatic heterocycles. The van der Waals surface area contributed by atoms with Crippen LogP contribution >= 0.6 is 0 Å². The van der Waals surface area contributed by atoms with Gasteiger partial charge in [0, 0.05) is 19.9 Å². The molecule has 0 N–H and O–H groups in total. The van der Waals surface area contributed by atoms with Gasteiger partial charge in [0.15, 0.2) is 0 Å². The van der Waals surface area contributed by atoms with E-state index >= 15 is 0 Å². The molecule has 32 heavy (non-hydrogen) atoms. The van der Waals surface area contributed by atoms with Crippen LogP contribution in [0.5, 0.6) is 5.75 Å². The highest BCUT2D eigenvalue weighted by Crippen LogP contribution is 2.34. The smallest absolute Gasteiger partial charge is 0.262 e. The molecule has 7 heteroatoms. The predicted molar refractivity (Wildman–Crippen MR) is 122 cm³/mol. The van der Waals surface area contributed by atoms with E-state index in [4.69, 9.17) is 4.74 Å². The number of rotatable bonds is 6. The lowest BCUT2D eigenvalue weighted by Crippen LogP contribution is -2.40. The summed E-state index contributed by atoms with van der Waals surface area (Å²) in [6.45, 7) is 5.89. The Morgan fingerprint density at radius 3 is 2.31 bits per heavy atom. The number of hydrazone groups is 1. The molecule has 0 unspecified atom stereocenters. The molecule has 0 fully saturated rings. The monoisotopic (exact) mass is 439 g/mol. The number of benzene rings is 2. The van der Waals surface area contributed by atoms with Crippen LogP contribution in [0.3, 0.4) is 0 Å². The van der Waals surface area contributed by atoms with Crippen molar-refractivity contribution in [3.05, 3.63) is 65.5 Å². The summed E-state index contributed by atoms with van der Waals surface area (Å²) >= 11 is 0. The van der Waals surface area contributed by atoms with Gasteiger partial charge < -0.3 is 9.64 Å². The summed E-state index contributed by atoms with van der Waals surface area (Å²) in [4.78, 5) is 27.2. The van der Waals surface area contributed by atoms with Gasteiger partial charge in [-0.3, -0.25) is 9.59 Å². The molecule has 2 amide bonds. The van der Waals surface area contributed by atoms with Crippen molar-refractivity contribution in [2.24, 2.45) is 10.5 Å². The van der Waals surface area contributed by atoms with Crippen molar-refractivity contribution >= 4 is 17.5 Å². The molecule has 0 aliphatic carbocycles. The summed E-state index contributed by atoms with van der Waals surface area (Å²) in [5.74, 6) is 0.0317. The highest BCUT2D eigenvalue weighted by atomic mass is 19.1. The Hall–Kier alpha value is -3.22. The molecule has 6 nitrogen and oxygen atoms in total. The zero-order valence-corrected chi connectivity index (χ0v) is 19.3. The van der Waals surface area contributed by atoms with Gasteiger partial charge >= 0.3 is 0 Å². The first-order valence-electron chi connectivity index (χ1n) is 10.6. The summed E-state index contributed by atoms with van der Waals surface area (Å²) in [5.41, 5.74) is 2.20. The molecule has 170 valence electrons. The number of halogens is 1. The van der Waals surface area contributed by atoms with E-state index in [1.54, 1.807) is 26.3 Å². The summed E-state index contributed by atoms with van der Waals surface area (Å²) in [5, 5.41) is 6.03. The van der Waals surface area contributed by atoms with Crippen molar-refractivity contribution in [3.8, 4) is 5.75 Å². The molecule has 1 heterocycles. The van der Waals surface area contributed by atoms with E-state index in [1.165, 1.54) is 22.0 Å². The van der Waals surface area contributed by atoms with E-state index < -0.39 is 0 Å². The highest BCUT2D eigenvalue weighted by Gasteiger charge is 2.34. The molecule has 3 rings (SSSR count). The zero-order valence-electron chi connectivity index (χ0n) is 19.3. The fourth-order valence-electron chi connectivity index (χ4n) is 3.59. The van der Waals surface area contributed by atoms with E-state index in [2.05, 4.69) is 5.10 Å². The Morgan fingerprint density at radius 2 is 1.75 bits per heavy atom. The highest BCUT2D eigenvalue weighted by molar-refractivity contribution is 6.03. The Balaban J connectivity index is 1.85. The van der Waals surface area contributed by atoms with Crippen molar-refractivity contribution in [3.63, 3.8) is 0 Å². The Labute approximate surface area is 188 Å². The second-order valence-corrected chi connectivity index (χ2v) is 9.27. The third-order valence-corrected chi connectivity index (χ3v) is 5.32. The summed E-state index contributed by atoms with van der Waals surface area (Å²) in [6.07, 6.45) is 0.839. The van der Waals surface area contributed by atoms with Gasteiger partial charge in [-0.1, -0.05) is 45.0 Å². The maximum atomic E-state index is 13.4. The van der Waals surface area contributed by atoms with Crippen molar-refractivity contribution in [2.75, 3.05) is 20.7 Å². The van der Waals surface area contributed by atoms with Gasteiger partial charge in [0.1, 0.15) is 18.1 Å². The van der Waals surface area contributed by atoms with Gasteiger partial charge in [-0.05, 0) is 40.8 Å². The Morgan fingerprint density at radius 1 is 1.12 bits per heavy atom. The van der Waals surface area contributed by atoms with Crippen LogP contribution in [0.1, 0.15) is 50.8 Å². The molecule has 0 saturated carbocycles. The first kappa shape index (κ1) is 23.4. The maximum absolute atomic E-state index is 13.4. The Bertz CT molecular complexity index is 995. The molecule has 0 saturated heterocycles. The van der Waals surface area contributed by atoms with Gasteiger partial charge in [-0.15, -0.1) is 0 Å². The fourth-order valence-corrected chi connectivity index (χ4v) is 3.59. The molecule has 0 radical (unpaired) electrons. The van der Waals surface area contributed by atoms with Gasteiger partial charge in [0.25, 0.3) is 5.91 Å². The number of hydrogen-bond acceptors (Lipinski definition) is 4. The third-order valence-electron chi connectivity index (χ3n) is 5.32. The van der Waals surface area contributed by atoms with E-state index in [0.29, 0.717) is 18.6 Å². The molecular formula is C25H30FN3O3. The second-order valence-electron chi connectivity index (χ2n) is 9.27. The molecule has 1 aliphatic heterocycles. The number of carbonyl (C=O) groups excluding carboxylic acids is 2. The number of amides is 2. The van der Waals surface area contributed by atoms with Crippen molar-refractivity contribution in [2.45, 2.75) is 39.7 Å².